The van der Waals surface area contributed by atoms with Gasteiger partial charge in [0.15, 0.2) is 5.82 Å². The van der Waals surface area contributed by atoms with Crippen molar-refractivity contribution in [1.29, 1.82) is 0 Å². The molecule has 10 heteroatoms. The van der Waals surface area contributed by atoms with E-state index in [1.165, 1.54) is 29.9 Å². The molecule has 1 aromatic heterocycles. The second-order valence-electron chi connectivity index (χ2n) is 4.18. The summed E-state index contributed by atoms with van der Waals surface area (Å²) in [4.78, 5) is 11.7. The average molecular weight is 331 g/mol. The van der Waals surface area contributed by atoms with Gasteiger partial charge < -0.3 is 10.4 Å². The fourth-order valence-corrected chi connectivity index (χ4v) is 2.46. The van der Waals surface area contributed by atoms with Crippen LogP contribution in [0.15, 0.2) is 29.3 Å². The van der Waals surface area contributed by atoms with Gasteiger partial charge in [-0.25, -0.2) is 13.6 Å². The Labute approximate surface area is 125 Å². The van der Waals surface area contributed by atoms with Crippen molar-refractivity contribution >= 4 is 33.3 Å². The second kappa shape index (κ2) is 5.35. The molecule has 8 nitrogen and oxygen atoms in total. The molecule has 1 amide bonds. The highest BCUT2D eigenvalue weighted by molar-refractivity contribution is 7.89. The van der Waals surface area contributed by atoms with Crippen LogP contribution < -0.4 is 10.5 Å². The summed E-state index contributed by atoms with van der Waals surface area (Å²) in [5, 5.41) is 21.0. The SMILES string of the molecule is Cn1cc(S(N)(=O)=O)c(NC(=O)c2cc(Cl)ccc2O)n1. The lowest BCUT2D eigenvalue weighted by atomic mass is 10.2. The number of aromatic nitrogens is 2. The Balaban J connectivity index is 2.39. The summed E-state index contributed by atoms with van der Waals surface area (Å²) in [6.07, 6.45) is 1.16. The highest BCUT2D eigenvalue weighted by atomic mass is 35.5. The van der Waals surface area contributed by atoms with Gasteiger partial charge in [0.25, 0.3) is 5.91 Å². The van der Waals surface area contributed by atoms with Gasteiger partial charge in [-0.3, -0.25) is 9.48 Å². The number of hydrogen-bond donors (Lipinski definition) is 3. The van der Waals surface area contributed by atoms with E-state index in [2.05, 4.69) is 10.4 Å². The lowest BCUT2D eigenvalue weighted by Gasteiger charge is -2.06. The Kier molecular flexibility index (Phi) is 3.90. The summed E-state index contributed by atoms with van der Waals surface area (Å²) in [6, 6.07) is 3.90. The van der Waals surface area contributed by atoms with Crippen LogP contribution in [-0.4, -0.2) is 29.2 Å². The first kappa shape index (κ1) is 15.3. The first-order chi connectivity index (χ1) is 9.68. The fourth-order valence-electron chi connectivity index (χ4n) is 1.63. The van der Waals surface area contributed by atoms with Crippen molar-refractivity contribution in [3.8, 4) is 5.75 Å². The molecule has 0 aliphatic rings. The predicted octanol–water partition coefficient (Wildman–Crippen LogP) is 0.679. The largest absolute Gasteiger partial charge is 0.507 e. The van der Waals surface area contributed by atoms with Crippen molar-refractivity contribution in [2.24, 2.45) is 12.2 Å². The maximum atomic E-state index is 12.1. The van der Waals surface area contributed by atoms with Gasteiger partial charge in [-0.2, -0.15) is 5.10 Å². The maximum Gasteiger partial charge on any atom is 0.260 e. The van der Waals surface area contributed by atoms with Crippen molar-refractivity contribution in [2.45, 2.75) is 4.90 Å². The van der Waals surface area contributed by atoms with E-state index in [4.69, 9.17) is 16.7 Å². The van der Waals surface area contributed by atoms with Crippen LogP contribution in [-0.2, 0) is 17.1 Å². The van der Waals surface area contributed by atoms with Crippen molar-refractivity contribution in [3.05, 3.63) is 35.0 Å². The molecule has 2 rings (SSSR count). The zero-order chi connectivity index (χ0) is 15.8. The number of carbonyl (C=O) groups is 1. The normalized spacial score (nSPS) is 11.4. The Morgan fingerprint density at radius 2 is 2.14 bits per heavy atom. The number of amides is 1. The standard InChI is InChI=1S/C11H11ClN4O4S/c1-16-5-9(21(13,19)20)10(15-16)14-11(18)7-4-6(12)2-3-8(7)17/h2-5,17H,1H3,(H2,13,19,20)(H,14,15,18). The van der Waals surface area contributed by atoms with Crippen LogP contribution >= 0.6 is 11.6 Å². The Morgan fingerprint density at radius 3 is 2.76 bits per heavy atom. The fraction of sp³-hybridized carbons (Fsp3) is 0.0909. The summed E-state index contributed by atoms with van der Waals surface area (Å²) in [5.41, 5.74) is -0.117. The molecule has 0 aliphatic carbocycles. The molecule has 0 saturated heterocycles. The van der Waals surface area contributed by atoms with E-state index in [9.17, 15) is 18.3 Å². The number of phenols is 1. The monoisotopic (exact) mass is 330 g/mol. The Bertz CT molecular complexity index is 816. The molecule has 112 valence electrons. The summed E-state index contributed by atoms with van der Waals surface area (Å²) in [7, 11) is -2.57. The second-order valence-corrected chi connectivity index (χ2v) is 6.14. The molecule has 4 N–H and O–H groups in total. The van der Waals surface area contributed by atoms with Crippen LogP contribution in [0.3, 0.4) is 0 Å². The quantitative estimate of drug-likeness (QED) is 0.762. The number of phenolic OH excluding ortho intramolecular Hbond substituents is 1. The van der Waals surface area contributed by atoms with Crippen LogP contribution in [0.25, 0.3) is 0 Å². The average Bonchev–Trinajstić information content (AvgIpc) is 2.73. The highest BCUT2D eigenvalue weighted by Gasteiger charge is 2.21. The first-order valence-corrected chi connectivity index (χ1v) is 7.47. The summed E-state index contributed by atoms with van der Waals surface area (Å²) >= 11 is 5.75. The van der Waals surface area contributed by atoms with E-state index in [1.54, 1.807) is 0 Å². The molecule has 0 atom stereocenters. The number of nitrogens with one attached hydrogen (secondary N) is 1. The molecular weight excluding hydrogens is 320 g/mol. The first-order valence-electron chi connectivity index (χ1n) is 5.55. The molecule has 0 unspecified atom stereocenters. The Morgan fingerprint density at radius 1 is 1.48 bits per heavy atom. The molecular formula is C11H11ClN4O4S. The van der Waals surface area contributed by atoms with E-state index in [1.807, 2.05) is 0 Å². The van der Waals surface area contributed by atoms with E-state index in [-0.39, 0.29) is 27.0 Å². The topological polar surface area (TPSA) is 127 Å². The van der Waals surface area contributed by atoms with Crippen molar-refractivity contribution in [3.63, 3.8) is 0 Å². The molecule has 2 aromatic rings. The zero-order valence-electron chi connectivity index (χ0n) is 10.7. The third-order valence-corrected chi connectivity index (χ3v) is 3.68. The van der Waals surface area contributed by atoms with Crippen LogP contribution in [0.2, 0.25) is 5.02 Å². The van der Waals surface area contributed by atoms with Crippen molar-refractivity contribution in [1.82, 2.24) is 9.78 Å². The number of aryl methyl sites for hydroxylation is 1. The number of aromatic hydroxyl groups is 1. The van der Waals surface area contributed by atoms with Gasteiger partial charge in [-0.15, -0.1) is 0 Å². The van der Waals surface area contributed by atoms with Crippen LogP contribution in [0.5, 0.6) is 5.75 Å². The van der Waals surface area contributed by atoms with Gasteiger partial charge in [-0.05, 0) is 18.2 Å². The van der Waals surface area contributed by atoms with Gasteiger partial charge in [0, 0.05) is 18.3 Å². The maximum absolute atomic E-state index is 12.1. The molecule has 21 heavy (non-hydrogen) atoms. The van der Waals surface area contributed by atoms with Gasteiger partial charge in [0.2, 0.25) is 10.0 Å². The summed E-state index contributed by atoms with van der Waals surface area (Å²) in [6.45, 7) is 0. The molecule has 0 spiro atoms. The molecule has 0 radical (unpaired) electrons. The van der Waals surface area contributed by atoms with E-state index in [0.29, 0.717) is 0 Å². The molecule has 0 aliphatic heterocycles. The minimum absolute atomic E-state index is 0.117. The minimum atomic E-state index is -4.05. The highest BCUT2D eigenvalue weighted by Crippen LogP contribution is 2.24. The lowest BCUT2D eigenvalue weighted by molar-refractivity contribution is 0.102. The number of sulfonamides is 1. The number of hydrogen-bond acceptors (Lipinski definition) is 5. The van der Waals surface area contributed by atoms with Gasteiger partial charge in [0.05, 0.1) is 5.56 Å². The molecule has 0 bridgehead atoms. The Hall–Kier alpha value is -2.10. The molecule has 1 heterocycles. The number of halogens is 1. The summed E-state index contributed by atoms with van der Waals surface area (Å²) < 4.78 is 24.0. The number of carbonyl (C=O) groups excluding carboxylic acids is 1. The number of nitrogens with two attached hydrogens (primary N) is 1. The third kappa shape index (κ3) is 3.32. The van der Waals surface area contributed by atoms with Gasteiger partial charge >= 0.3 is 0 Å². The van der Waals surface area contributed by atoms with Crippen LogP contribution in [0.4, 0.5) is 5.82 Å². The van der Waals surface area contributed by atoms with E-state index < -0.39 is 15.9 Å². The number of rotatable bonds is 3. The molecule has 0 fully saturated rings. The predicted molar refractivity (Wildman–Crippen MR) is 75.7 cm³/mol. The van der Waals surface area contributed by atoms with E-state index in [0.717, 1.165) is 6.20 Å². The van der Waals surface area contributed by atoms with Crippen LogP contribution in [0, 0.1) is 0 Å². The van der Waals surface area contributed by atoms with Crippen molar-refractivity contribution < 1.29 is 18.3 Å². The number of anilines is 1. The third-order valence-electron chi connectivity index (χ3n) is 2.54. The number of nitrogens with zero attached hydrogens (tertiary/aromatic N) is 2. The summed E-state index contributed by atoms with van der Waals surface area (Å²) in [5.74, 6) is -1.30. The zero-order valence-corrected chi connectivity index (χ0v) is 12.3. The minimum Gasteiger partial charge on any atom is -0.507 e. The number of benzene rings is 1. The molecule has 1 aromatic carbocycles. The van der Waals surface area contributed by atoms with Crippen molar-refractivity contribution in [2.75, 3.05) is 5.32 Å². The molecule has 0 saturated carbocycles. The van der Waals surface area contributed by atoms with Crippen LogP contribution in [0.1, 0.15) is 10.4 Å². The van der Waals surface area contributed by atoms with Gasteiger partial charge in [-0.1, -0.05) is 11.6 Å². The van der Waals surface area contributed by atoms with E-state index >= 15 is 0 Å². The lowest BCUT2D eigenvalue weighted by Crippen LogP contribution is -2.17. The number of primary sulfonamides is 1. The smallest absolute Gasteiger partial charge is 0.260 e. The van der Waals surface area contributed by atoms with Gasteiger partial charge in [0.1, 0.15) is 10.6 Å².